The third kappa shape index (κ3) is 3.06. The molecule has 0 amide bonds. The van der Waals surface area contributed by atoms with E-state index in [1.165, 1.54) is 0 Å². The van der Waals surface area contributed by atoms with Gasteiger partial charge in [-0.2, -0.15) is 8.42 Å². The fourth-order valence-corrected chi connectivity index (χ4v) is 2.95. The summed E-state index contributed by atoms with van der Waals surface area (Å²) in [6.45, 7) is 5.81. The molecule has 0 fully saturated rings. The molecule has 1 rings (SSSR count). The summed E-state index contributed by atoms with van der Waals surface area (Å²) in [5.41, 5.74) is 1.47. The van der Waals surface area contributed by atoms with Crippen LogP contribution in [-0.2, 0) is 14.3 Å². The van der Waals surface area contributed by atoms with Crippen LogP contribution in [0.3, 0.4) is 0 Å². The van der Waals surface area contributed by atoms with Crippen molar-refractivity contribution in [2.45, 2.75) is 38.5 Å². The summed E-state index contributed by atoms with van der Waals surface area (Å²) in [6, 6.07) is 5.40. The first kappa shape index (κ1) is 13.2. The molecule has 16 heavy (non-hydrogen) atoms. The second kappa shape index (κ2) is 5.46. The molecule has 0 saturated carbocycles. The minimum absolute atomic E-state index is 0.257. The minimum Gasteiger partial charge on any atom is -0.266 e. The van der Waals surface area contributed by atoms with Crippen molar-refractivity contribution in [1.29, 1.82) is 0 Å². The first-order valence-corrected chi connectivity index (χ1v) is 6.85. The lowest BCUT2D eigenvalue weighted by molar-refractivity contribution is 0.310. The van der Waals surface area contributed by atoms with Crippen LogP contribution in [0.5, 0.6) is 0 Å². The summed E-state index contributed by atoms with van der Waals surface area (Å²) in [6.07, 6.45) is 1.67. The maximum absolute atomic E-state index is 11.9. The van der Waals surface area contributed by atoms with Crippen molar-refractivity contribution in [3.05, 3.63) is 29.3 Å². The molecule has 0 N–H and O–H groups in total. The van der Waals surface area contributed by atoms with Gasteiger partial charge in [0.15, 0.2) is 0 Å². The van der Waals surface area contributed by atoms with Crippen molar-refractivity contribution in [2.24, 2.45) is 0 Å². The molecule has 0 radical (unpaired) electrons. The Kier molecular flexibility index (Phi) is 4.50. The molecule has 0 atom stereocenters. The van der Waals surface area contributed by atoms with Crippen LogP contribution in [0, 0.1) is 13.8 Å². The molecule has 0 unspecified atom stereocenters. The normalized spacial score (nSPS) is 11.7. The first-order valence-electron chi connectivity index (χ1n) is 5.44. The number of benzene rings is 1. The van der Waals surface area contributed by atoms with Crippen LogP contribution < -0.4 is 0 Å². The van der Waals surface area contributed by atoms with E-state index in [4.69, 9.17) is 4.18 Å². The summed E-state index contributed by atoms with van der Waals surface area (Å²) >= 11 is 0. The molecule has 90 valence electrons. The minimum atomic E-state index is -3.59. The highest BCUT2D eigenvalue weighted by Gasteiger charge is 2.19. The van der Waals surface area contributed by atoms with E-state index >= 15 is 0 Å². The summed E-state index contributed by atoms with van der Waals surface area (Å²) in [4.78, 5) is 0.311. The summed E-state index contributed by atoms with van der Waals surface area (Å²) in [5.74, 6) is 0. The molecule has 0 aromatic heterocycles. The Hall–Kier alpha value is -0.870. The van der Waals surface area contributed by atoms with Crippen molar-refractivity contribution in [3.63, 3.8) is 0 Å². The van der Waals surface area contributed by atoms with Gasteiger partial charge in [0.1, 0.15) is 0 Å². The molecule has 1 aromatic rings. The molecule has 3 nitrogen and oxygen atoms in total. The molecule has 0 spiro atoms. The second-order valence-corrected chi connectivity index (χ2v) is 5.40. The molecule has 0 aliphatic rings. The number of rotatable bonds is 5. The van der Waals surface area contributed by atoms with Crippen LogP contribution in [0.4, 0.5) is 0 Å². The topological polar surface area (TPSA) is 43.4 Å². The van der Waals surface area contributed by atoms with Gasteiger partial charge in [0.2, 0.25) is 0 Å². The van der Waals surface area contributed by atoms with Crippen LogP contribution in [0.2, 0.25) is 0 Å². The summed E-state index contributed by atoms with van der Waals surface area (Å²) in [5, 5.41) is 0. The van der Waals surface area contributed by atoms with Gasteiger partial charge in [-0.15, -0.1) is 0 Å². The van der Waals surface area contributed by atoms with E-state index in [1.807, 2.05) is 13.0 Å². The van der Waals surface area contributed by atoms with Crippen molar-refractivity contribution in [1.82, 2.24) is 0 Å². The SMILES string of the molecule is CCCCOS(=O)(=O)c1c(C)cccc1C. The Balaban J connectivity index is 2.98. The van der Waals surface area contributed by atoms with Crippen molar-refractivity contribution >= 4 is 10.1 Å². The van der Waals surface area contributed by atoms with Gasteiger partial charge in [0.05, 0.1) is 11.5 Å². The molecule has 0 aliphatic heterocycles. The lowest BCUT2D eigenvalue weighted by atomic mass is 10.2. The number of hydrogen-bond acceptors (Lipinski definition) is 3. The van der Waals surface area contributed by atoms with Gasteiger partial charge < -0.3 is 0 Å². The third-order valence-electron chi connectivity index (χ3n) is 2.40. The van der Waals surface area contributed by atoms with Crippen LogP contribution in [0.1, 0.15) is 30.9 Å². The molecule has 4 heteroatoms. The highest BCUT2D eigenvalue weighted by atomic mass is 32.2. The second-order valence-electron chi connectivity index (χ2n) is 3.85. The molecule has 0 heterocycles. The number of unbranched alkanes of at least 4 members (excludes halogenated alkanes) is 1. The van der Waals surface area contributed by atoms with Crippen molar-refractivity contribution < 1.29 is 12.6 Å². The predicted octanol–water partition coefficient (Wildman–Crippen LogP) is 2.81. The Morgan fingerprint density at radius 1 is 1.19 bits per heavy atom. The number of aryl methyl sites for hydroxylation is 2. The van der Waals surface area contributed by atoms with Gasteiger partial charge in [0.25, 0.3) is 10.1 Å². The van der Waals surface area contributed by atoms with Gasteiger partial charge >= 0.3 is 0 Å². The Morgan fingerprint density at radius 2 is 1.75 bits per heavy atom. The fourth-order valence-electron chi connectivity index (χ4n) is 1.57. The standard InChI is InChI=1S/C12H18O3S/c1-4-5-9-15-16(13,14)12-10(2)7-6-8-11(12)3/h6-8H,4-5,9H2,1-3H3. The molecule has 1 aromatic carbocycles. The third-order valence-corrected chi connectivity index (χ3v) is 4.02. The van der Waals surface area contributed by atoms with E-state index in [0.29, 0.717) is 4.90 Å². The Morgan fingerprint density at radius 3 is 2.25 bits per heavy atom. The zero-order valence-corrected chi connectivity index (χ0v) is 10.8. The van der Waals surface area contributed by atoms with Crippen LogP contribution in [0.25, 0.3) is 0 Å². The molecule has 0 saturated heterocycles. The van der Waals surface area contributed by atoms with E-state index in [2.05, 4.69) is 0 Å². The maximum Gasteiger partial charge on any atom is 0.297 e. The van der Waals surface area contributed by atoms with E-state index in [9.17, 15) is 8.42 Å². The van der Waals surface area contributed by atoms with Gasteiger partial charge in [-0.1, -0.05) is 31.5 Å². The summed E-state index contributed by atoms with van der Waals surface area (Å²) < 4.78 is 28.8. The molecule has 0 bridgehead atoms. The lowest BCUT2D eigenvalue weighted by Gasteiger charge is -2.10. The highest BCUT2D eigenvalue weighted by molar-refractivity contribution is 7.86. The Bertz CT molecular complexity index is 429. The van der Waals surface area contributed by atoms with Gasteiger partial charge in [-0.05, 0) is 31.4 Å². The van der Waals surface area contributed by atoms with Crippen LogP contribution >= 0.6 is 0 Å². The van der Waals surface area contributed by atoms with Gasteiger partial charge in [-0.25, -0.2) is 0 Å². The fraction of sp³-hybridized carbons (Fsp3) is 0.500. The quantitative estimate of drug-likeness (QED) is 0.589. The predicted molar refractivity (Wildman–Crippen MR) is 64.0 cm³/mol. The van der Waals surface area contributed by atoms with Crippen LogP contribution in [-0.4, -0.2) is 15.0 Å². The van der Waals surface area contributed by atoms with E-state index in [-0.39, 0.29) is 6.61 Å². The zero-order chi connectivity index (χ0) is 12.2. The van der Waals surface area contributed by atoms with E-state index in [0.717, 1.165) is 24.0 Å². The van der Waals surface area contributed by atoms with E-state index in [1.54, 1.807) is 26.0 Å². The molecular weight excluding hydrogens is 224 g/mol. The largest absolute Gasteiger partial charge is 0.297 e. The monoisotopic (exact) mass is 242 g/mol. The highest BCUT2D eigenvalue weighted by Crippen LogP contribution is 2.21. The van der Waals surface area contributed by atoms with Gasteiger partial charge in [-0.3, -0.25) is 4.18 Å². The zero-order valence-electron chi connectivity index (χ0n) is 9.99. The Labute approximate surface area is 97.6 Å². The summed E-state index contributed by atoms with van der Waals surface area (Å²) in [7, 11) is -3.59. The molecular formula is C12H18O3S. The average molecular weight is 242 g/mol. The van der Waals surface area contributed by atoms with Crippen molar-refractivity contribution in [3.8, 4) is 0 Å². The van der Waals surface area contributed by atoms with Crippen LogP contribution in [0.15, 0.2) is 23.1 Å². The van der Waals surface area contributed by atoms with Gasteiger partial charge in [0, 0.05) is 0 Å². The smallest absolute Gasteiger partial charge is 0.266 e. The average Bonchev–Trinajstić information content (AvgIpc) is 2.17. The maximum atomic E-state index is 11.9. The van der Waals surface area contributed by atoms with E-state index < -0.39 is 10.1 Å². The lowest BCUT2D eigenvalue weighted by Crippen LogP contribution is -2.10. The van der Waals surface area contributed by atoms with Crippen molar-refractivity contribution in [2.75, 3.05) is 6.61 Å². The number of hydrogen-bond donors (Lipinski definition) is 0. The molecule has 0 aliphatic carbocycles. The first-order chi connectivity index (χ1) is 7.49.